The van der Waals surface area contributed by atoms with E-state index < -0.39 is 0 Å². The smallest absolute Gasteiger partial charge is 0.0714 e. The SMILES string of the molecule is Cc1cccc(C)c1-c1ccc(-c2c3ccccc3c(-c3cccc(-c4ccnc(-c5cccc6ccccc56)c4)c3)c3ccccc23)c2ccccc12. The topological polar surface area (TPSA) is 12.9 Å². The van der Waals surface area contributed by atoms with E-state index in [0.29, 0.717) is 0 Å². The second-order valence-corrected chi connectivity index (χ2v) is 14.4. The maximum Gasteiger partial charge on any atom is 0.0714 e. The molecule has 9 aromatic carbocycles. The van der Waals surface area contributed by atoms with Crippen molar-refractivity contribution in [3.63, 3.8) is 0 Å². The van der Waals surface area contributed by atoms with Gasteiger partial charge in [0.05, 0.1) is 5.69 Å². The molecule has 1 nitrogen and oxygen atoms in total. The van der Waals surface area contributed by atoms with Crippen molar-refractivity contribution < 1.29 is 0 Å². The molecule has 0 aliphatic carbocycles. The van der Waals surface area contributed by atoms with Crippen LogP contribution in [0.3, 0.4) is 0 Å². The van der Waals surface area contributed by atoms with Gasteiger partial charge < -0.3 is 0 Å². The highest BCUT2D eigenvalue weighted by Crippen LogP contribution is 2.47. The summed E-state index contributed by atoms with van der Waals surface area (Å²) in [5.41, 5.74) is 14.6. The Balaban J connectivity index is 1.17. The standard InChI is InChI=1S/C53H37N/c1-34-14-11-15-35(2)51(34)48-28-29-49(42-22-6-5-21-41(42)48)53-46-25-9-7-23-44(46)52(45-24-8-10-26-47(45)53)39-19-12-18-37(32-39)38-30-31-54-50(33-38)43-27-13-17-36-16-3-4-20-40(36)43/h3-33H,1-2H3. The van der Waals surface area contributed by atoms with Crippen LogP contribution in [0.1, 0.15) is 11.1 Å². The van der Waals surface area contributed by atoms with Crippen LogP contribution >= 0.6 is 0 Å². The molecule has 10 aromatic rings. The Morgan fingerprint density at radius 2 is 0.796 bits per heavy atom. The van der Waals surface area contributed by atoms with Crippen molar-refractivity contribution >= 4 is 43.1 Å². The van der Waals surface area contributed by atoms with E-state index in [1.54, 1.807) is 0 Å². The van der Waals surface area contributed by atoms with Gasteiger partial charge in [0.2, 0.25) is 0 Å². The third kappa shape index (κ3) is 5.20. The number of hydrogen-bond acceptors (Lipinski definition) is 1. The summed E-state index contributed by atoms with van der Waals surface area (Å²) in [6, 6.07) is 66.5. The number of nitrogens with zero attached hydrogens (tertiary/aromatic N) is 1. The molecule has 1 aromatic heterocycles. The normalized spacial score (nSPS) is 11.5. The summed E-state index contributed by atoms with van der Waals surface area (Å²) in [6.07, 6.45) is 1.94. The number of pyridine rings is 1. The molecule has 0 amide bonds. The van der Waals surface area contributed by atoms with Crippen LogP contribution < -0.4 is 0 Å². The van der Waals surface area contributed by atoms with Crippen LogP contribution in [0.5, 0.6) is 0 Å². The van der Waals surface area contributed by atoms with Gasteiger partial charge in [-0.3, -0.25) is 4.98 Å². The van der Waals surface area contributed by atoms with Crippen LogP contribution in [0.2, 0.25) is 0 Å². The summed E-state index contributed by atoms with van der Waals surface area (Å²) in [6.45, 7) is 4.44. The lowest BCUT2D eigenvalue weighted by Gasteiger charge is -2.20. The van der Waals surface area contributed by atoms with Crippen molar-refractivity contribution in [3.05, 3.63) is 199 Å². The fourth-order valence-electron chi connectivity index (χ4n) is 8.76. The van der Waals surface area contributed by atoms with Gasteiger partial charge in [-0.2, -0.15) is 0 Å². The molecule has 0 saturated carbocycles. The fraction of sp³-hybridized carbons (Fsp3) is 0.0377. The number of hydrogen-bond donors (Lipinski definition) is 0. The summed E-state index contributed by atoms with van der Waals surface area (Å²) in [5.74, 6) is 0. The van der Waals surface area contributed by atoms with Crippen LogP contribution in [0, 0.1) is 13.8 Å². The molecule has 254 valence electrons. The lowest BCUT2D eigenvalue weighted by atomic mass is 9.83. The molecule has 1 heteroatoms. The monoisotopic (exact) mass is 687 g/mol. The number of aromatic nitrogens is 1. The number of fused-ring (bicyclic) bond motifs is 4. The van der Waals surface area contributed by atoms with E-state index in [-0.39, 0.29) is 0 Å². The van der Waals surface area contributed by atoms with Gasteiger partial charge in [-0.1, -0.05) is 164 Å². The summed E-state index contributed by atoms with van der Waals surface area (Å²) in [4.78, 5) is 4.84. The average Bonchev–Trinajstić information content (AvgIpc) is 3.23. The maximum atomic E-state index is 4.84. The Kier molecular flexibility index (Phi) is 7.66. The van der Waals surface area contributed by atoms with Crippen molar-refractivity contribution in [1.29, 1.82) is 0 Å². The average molecular weight is 688 g/mol. The molecule has 0 unspecified atom stereocenters. The van der Waals surface area contributed by atoms with E-state index in [9.17, 15) is 0 Å². The van der Waals surface area contributed by atoms with Gasteiger partial charge in [0, 0.05) is 11.8 Å². The number of rotatable bonds is 5. The summed E-state index contributed by atoms with van der Waals surface area (Å²) in [7, 11) is 0. The molecule has 0 saturated heterocycles. The van der Waals surface area contributed by atoms with Gasteiger partial charge in [0.15, 0.2) is 0 Å². The quantitative estimate of drug-likeness (QED) is 0.164. The molecule has 0 spiro atoms. The predicted octanol–water partition coefficient (Wildman–Crippen LogP) is 14.6. The van der Waals surface area contributed by atoms with Crippen LogP contribution in [0.15, 0.2) is 188 Å². The lowest BCUT2D eigenvalue weighted by Crippen LogP contribution is -1.94. The second kappa shape index (κ2) is 13.0. The number of benzene rings is 9. The Hall–Kier alpha value is -6.83. The molecular formula is C53H37N. The molecule has 0 fully saturated rings. The van der Waals surface area contributed by atoms with E-state index in [1.807, 2.05) is 6.20 Å². The van der Waals surface area contributed by atoms with E-state index >= 15 is 0 Å². The van der Waals surface area contributed by atoms with Gasteiger partial charge >= 0.3 is 0 Å². The highest BCUT2D eigenvalue weighted by molar-refractivity contribution is 6.24. The largest absolute Gasteiger partial charge is 0.256 e. The zero-order chi connectivity index (χ0) is 36.2. The molecule has 0 atom stereocenters. The minimum Gasteiger partial charge on any atom is -0.256 e. The highest BCUT2D eigenvalue weighted by atomic mass is 14.7. The summed E-state index contributed by atoms with van der Waals surface area (Å²) in [5, 5.41) is 9.98. The van der Waals surface area contributed by atoms with E-state index in [2.05, 4.69) is 196 Å². The molecule has 0 bridgehead atoms. The molecule has 54 heavy (non-hydrogen) atoms. The van der Waals surface area contributed by atoms with Crippen LogP contribution in [0.25, 0.3) is 98.9 Å². The van der Waals surface area contributed by atoms with Gasteiger partial charge in [-0.15, -0.1) is 0 Å². The van der Waals surface area contributed by atoms with Gasteiger partial charge in [-0.05, 0) is 131 Å². The third-order valence-corrected chi connectivity index (χ3v) is 11.2. The Bertz CT molecular complexity index is 2990. The molecular weight excluding hydrogens is 651 g/mol. The maximum absolute atomic E-state index is 4.84. The first-order valence-electron chi connectivity index (χ1n) is 18.7. The van der Waals surface area contributed by atoms with Gasteiger partial charge in [-0.25, -0.2) is 0 Å². The van der Waals surface area contributed by atoms with Crippen molar-refractivity contribution in [2.75, 3.05) is 0 Å². The van der Waals surface area contributed by atoms with Crippen molar-refractivity contribution in [1.82, 2.24) is 4.98 Å². The fourth-order valence-corrected chi connectivity index (χ4v) is 8.76. The minimum atomic E-state index is 0.978. The van der Waals surface area contributed by atoms with Crippen LogP contribution in [0.4, 0.5) is 0 Å². The minimum absolute atomic E-state index is 0.978. The van der Waals surface area contributed by atoms with E-state index in [0.717, 1.165) is 16.8 Å². The van der Waals surface area contributed by atoms with Crippen LogP contribution in [-0.4, -0.2) is 4.98 Å². The van der Waals surface area contributed by atoms with E-state index in [4.69, 9.17) is 4.98 Å². The Morgan fingerprint density at radius 1 is 0.315 bits per heavy atom. The van der Waals surface area contributed by atoms with Gasteiger partial charge in [0.1, 0.15) is 0 Å². The first-order chi connectivity index (χ1) is 26.6. The van der Waals surface area contributed by atoms with Crippen molar-refractivity contribution in [3.8, 4) is 55.8 Å². The first-order valence-corrected chi connectivity index (χ1v) is 18.7. The molecule has 0 radical (unpaired) electrons. The van der Waals surface area contributed by atoms with Gasteiger partial charge in [0.25, 0.3) is 0 Å². The highest BCUT2D eigenvalue weighted by Gasteiger charge is 2.20. The van der Waals surface area contributed by atoms with Crippen molar-refractivity contribution in [2.24, 2.45) is 0 Å². The molecule has 1 heterocycles. The lowest BCUT2D eigenvalue weighted by molar-refractivity contribution is 1.33. The summed E-state index contributed by atoms with van der Waals surface area (Å²) < 4.78 is 0. The zero-order valence-corrected chi connectivity index (χ0v) is 30.3. The molecule has 0 aliphatic rings. The third-order valence-electron chi connectivity index (χ3n) is 11.2. The van der Waals surface area contributed by atoms with Crippen LogP contribution in [-0.2, 0) is 0 Å². The first kappa shape index (κ1) is 31.9. The molecule has 10 rings (SSSR count). The van der Waals surface area contributed by atoms with E-state index in [1.165, 1.54) is 93.2 Å². The number of aryl methyl sites for hydroxylation is 2. The zero-order valence-electron chi connectivity index (χ0n) is 30.3. The predicted molar refractivity (Wildman–Crippen MR) is 231 cm³/mol. The van der Waals surface area contributed by atoms with Crippen molar-refractivity contribution in [2.45, 2.75) is 13.8 Å². The Labute approximate surface area is 315 Å². The molecule has 0 aliphatic heterocycles. The summed E-state index contributed by atoms with van der Waals surface area (Å²) >= 11 is 0. The second-order valence-electron chi connectivity index (χ2n) is 14.4. The molecule has 0 N–H and O–H groups in total. The Morgan fingerprint density at radius 3 is 1.46 bits per heavy atom.